The predicted molar refractivity (Wildman–Crippen MR) is 61.9 cm³/mol. The van der Waals surface area contributed by atoms with E-state index in [0.717, 1.165) is 5.56 Å². The summed E-state index contributed by atoms with van der Waals surface area (Å²) in [7, 11) is 0. The third-order valence-electron chi connectivity index (χ3n) is 2.93. The summed E-state index contributed by atoms with van der Waals surface area (Å²) < 4.78 is 1.33. The Morgan fingerprint density at radius 2 is 1.83 bits per heavy atom. The molecule has 0 bridgehead atoms. The summed E-state index contributed by atoms with van der Waals surface area (Å²) in [5.41, 5.74) is 7.82. The van der Waals surface area contributed by atoms with E-state index in [-0.39, 0.29) is 17.5 Å². The number of hydrogen-bond acceptors (Lipinski definition) is 6. The molecule has 1 aliphatic rings. The lowest BCUT2D eigenvalue weighted by molar-refractivity contribution is 0.103. The van der Waals surface area contributed by atoms with Gasteiger partial charge in [-0.15, -0.1) is 10.2 Å². The van der Waals surface area contributed by atoms with Crippen molar-refractivity contribution in [3.8, 4) is 11.3 Å². The van der Waals surface area contributed by atoms with Crippen molar-refractivity contribution in [2.24, 2.45) is 0 Å². The van der Waals surface area contributed by atoms with Crippen LogP contribution in [0.5, 0.6) is 0 Å². The van der Waals surface area contributed by atoms with Gasteiger partial charge in [0.15, 0.2) is 0 Å². The largest absolute Gasteiger partial charge is 0.366 e. The minimum Gasteiger partial charge on any atom is -0.366 e. The maximum absolute atomic E-state index is 12.1. The third-order valence-corrected chi connectivity index (χ3v) is 2.93. The van der Waals surface area contributed by atoms with Crippen LogP contribution in [-0.4, -0.2) is 30.6 Å². The van der Waals surface area contributed by atoms with Crippen molar-refractivity contribution in [2.45, 2.75) is 0 Å². The Morgan fingerprint density at radius 1 is 1.06 bits per heavy atom. The van der Waals surface area contributed by atoms with Crippen molar-refractivity contribution in [2.75, 3.05) is 5.73 Å². The molecule has 0 spiro atoms. The molecule has 0 amide bonds. The van der Waals surface area contributed by atoms with Crippen LogP contribution in [0.15, 0.2) is 24.3 Å². The molecule has 2 N–H and O–H groups in total. The van der Waals surface area contributed by atoms with Gasteiger partial charge in [0, 0.05) is 11.1 Å². The number of nitrogens with zero attached hydrogens (tertiary/aromatic N) is 5. The van der Waals surface area contributed by atoms with Crippen LogP contribution in [0.2, 0.25) is 0 Å². The lowest BCUT2D eigenvalue weighted by Gasteiger charge is -1.98. The van der Waals surface area contributed by atoms with E-state index in [1.54, 1.807) is 6.07 Å². The molecule has 1 aromatic carbocycles. The van der Waals surface area contributed by atoms with E-state index in [1.807, 2.05) is 18.2 Å². The minimum absolute atomic E-state index is 0.142. The lowest BCUT2D eigenvalue weighted by atomic mass is 10.1. The van der Waals surface area contributed by atoms with Gasteiger partial charge in [0.25, 0.3) is 5.78 Å². The van der Waals surface area contributed by atoms with Gasteiger partial charge in [-0.2, -0.15) is 9.61 Å². The number of benzene rings is 1. The fourth-order valence-electron chi connectivity index (χ4n) is 2.10. The second-order valence-electron chi connectivity index (χ2n) is 3.95. The highest BCUT2D eigenvalue weighted by Gasteiger charge is 2.30. The minimum atomic E-state index is -0.142. The van der Waals surface area contributed by atoms with Gasteiger partial charge in [-0.05, 0) is 0 Å². The van der Waals surface area contributed by atoms with Gasteiger partial charge >= 0.3 is 0 Å². The number of nitrogens with two attached hydrogens (primary N) is 1. The number of fused-ring (bicyclic) bond motifs is 4. The van der Waals surface area contributed by atoms with Gasteiger partial charge in [0.1, 0.15) is 11.4 Å². The van der Waals surface area contributed by atoms with E-state index in [0.29, 0.717) is 17.0 Å². The monoisotopic (exact) mass is 238 g/mol. The molecule has 0 unspecified atom stereocenters. The Morgan fingerprint density at radius 3 is 2.67 bits per heavy atom. The number of aromatic nitrogens is 5. The number of hydrogen-bond donors (Lipinski definition) is 1. The molecule has 0 saturated heterocycles. The number of nitrogen functional groups attached to an aromatic ring is 1. The average Bonchev–Trinajstić information content (AvgIpc) is 2.90. The van der Waals surface area contributed by atoms with Gasteiger partial charge in [-0.25, -0.2) is 4.98 Å². The zero-order valence-corrected chi connectivity index (χ0v) is 9.03. The topological polar surface area (TPSA) is 99.1 Å². The molecule has 0 aliphatic heterocycles. The molecule has 3 aromatic rings. The van der Waals surface area contributed by atoms with E-state index in [4.69, 9.17) is 5.73 Å². The first-order valence-electron chi connectivity index (χ1n) is 5.29. The van der Waals surface area contributed by atoms with Gasteiger partial charge in [-0.3, -0.25) is 4.79 Å². The Labute approximate surface area is 100 Å². The van der Waals surface area contributed by atoms with E-state index in [2.05, 4.69) is 20.3 Å². The second kappa shape index (κ2) is 2.89. The van der Waals surface area contributed by atoms with Gasteiger partial charge in [-0.1, -0.05) is 24.3 Å². The highest BCUT2D eigenvalue weighted by Crippen LogP contribution is 2.33. The van der Waals surface area contributed by atoms with Gasteiger partial charge in [0.05, 0.1) is 0 Å². The molecule has 0 fully saturated rings. The first kappa shape index (κ1) is 9.23. The average molecular weight is 238 g/mol. The van der Waals surface area contributed by atoms with Crippen LogP contribution in [0.25, 0.3) is 17.0 Å². The standard InChI is InChI=1S/C11H6N6O/c12-10-14-15-11-13-8-7(16-17(10)11)5-3-1-2-4-6(5)9(8)18/h1-4H,(H2,12,14). The Bertz CT molecular complexity index is 822. The molecular weight excluding hydrogens is 232 g/mol. The molecule has 2 aromatic heterocycles. The number of carbonyl (C=O) groups is 1. The Balaban J connectivity index is 2.15. The van der Waals surface area contributed by atoms with Gasteiger partial charge in [0.2, 0.25) is 11.7 Å². The molecule has 1 aliphatic carbocycles. The molecular formula is C11H6N6O. The number of carbonyl (C=O) groups excluding carboxylic acids is 1. The van der Waals surface area contributed by atoms with Gasteiger partial charge < -0.3 is 5.73 Å². The van der Waals surface area contributed by atoms with Crippen molar-refractivity contribution in [1.29, 1.82) is 0 Å². The van der Waals surface area contributed by atoms with Crippen LogP contribution in [0.1, 0.15) is 16.1 Å². The van der Waals surface area contributed by atoms with E-state index < -0.39 is 0 Å². The summed E-state index contributed by atoms with van der Waals surface area (Å²) in [6.07, 6.45) is 0. The second-order valence-corrected chi connectivity index (χ2v) is 3.95. The Kier molecular flexibility index (Phi) is 1.48. The molecule has 18 heavy (non-hydrogen) atoms. The number of ketones is 1. The Hall–Kier alpha value is -2.83. The zero-order valence-electron chi connectivity index (χ0n) is 9.03. The number of rotatable bonds is 0. The summed E-state index contributed by atoms with van der Waals surface area (Å²) in [6, 6.07) is 7.25. The lowest BCUT2D eigenvalue weighted by Crippen LogP contribution is -2.05. The molecule has 0 atom stereocenters. The molecule has 2 heterocycles. The van der Waals surface area contributed by atoms with E-state index in [9.17, 15) is 4.79 Å². The van der Waals surface area contributed by atoms with Crippen molar-refractivity contribution in [3.63, 3.8) is 0 Å². The molecule has 86 valence electrons. The van der Waals surface area contributed by atoms with Crippen molar-refractivity contribution in [1.82, 2.24) is 24.8 Å². The first-order chi connectivity index (χ1) is 8.75. The summed E-state index contributed by atoms with van der Waals surface area (Å²) in [5, 5.41) is 11.7. The van der Waals surface area contributed by atoms with Crippen LogP contribution >= 0.6 is 0 Å². The van der Waals surface area contributed by atoms with Crippen LogP contribution in [-0.2, 0) is 0 Å². The fraction of sp³-hybridized carbons (Fsp3) is 0. The summed E-state index contributed by atoms with van der Waals surface area (Å²) in [4.78, 5) is 16.3. The summed E-state index contributed by atoms with van der Waals surface area (Å²) in [6.45, 7) is 0. The maximum atomic E-state index is 12.1. The van der Waals surface area contributed by atoms with Crippen LogP contribution in [0, 0.1) is 0 Å². The normalized spacial score (nSPS) is 12.8. The van der Waals surface area contributed by atoms with Crippen molar-refractivity contribution in [3.05, 3.63) is 35.5 Å². The molecule has 0 saturated carbocycles. The SMILES string of the molecule is Nc1nnc2nc3c(nn12)-c1ccccc1C3=O. The highest BCUT2D eigenvalue weighted by atomic mass is 16.1. The molecule has 7 heteroatoms. The van der Waals surface area contributed by atoms with Crippen LogP contribution in [0.3, 0.4) is 0 Å². The molecule has 0 radical (unpaired) electrons. The highest BCUT2D eigenvalue weighted by molar-refractivity contribution is 6.19. The van der Waals surface area contributed by atoms with Crippen LogP contribution in [0.4, 0.5) is 5.95 Å². The van der Waals surface area contributed by atoms with E-state index >= 15 is 0 Å². The van der Waals surface area contributed by atoms with E-state index in [1.165, 1.54) is 4.52 Å². The first-order valence-corrected chi connectivity index (χ1v) is 5.29. The van der Waals surface area contributed by atoms with Crippen molar-refractivity contribution >= 4 is 17.5 Å². The summed E-state index contributed by atoms with van der Waals surface area (Å²) >= 11 is 0. The molecule has 4 rings (SSSR count). The van der Waals surface area contributed by atoms with Crippen molar-refractivity contribution < 1.29 is 4.79 Å². The smallest absolute Gasteiger partial charge is 0.274 e. The number of anilines is 1. The maximum Gasteiger partial charge on any atom is 0.274 e. The predicted octanol–water partition coefficient (Wildman–Crippen LogP) is 0.313. The molecule has 7 nitrogen and oxygen atoms in total. The van der Waals surface area contributed by atoms with Crippen LogP contribution < -0.4 is 5.73 Å². The summed E-state index contributed by atoms with van der Waals surface area (Å²) in [5.74, 6) is 0.238. The zero-order chi connectivity index (χ0) is 12.3. The quantitative estimate of drug-likeness (QED) is 0.473. The fourth-order valence-corrected chi connectivity index (χ4v) is 2.10. The third kappa shape index (κ3) is 0.956.